The van der Waals surface area contributed by atoms with E-state index in [1.165, 1.54) is 31.2 Å². The summed E-state index contributed by atoms with van der Waals surface area (Å²) in [5.41, 5.74) is 1.50. The Hall–Kier alpha value is -4.87. The molecule has 18 heteroatoms. The third kappa shape index (κ3) is 11.3. The number of alkyl halides is 3. The first-order valence-electron chi connectivity index (χ1n) is 16.6. The second kappa shape index (κ2) is 18.6. The lowest BCUT2D eigenvalue weighted by atomic mass is 9.99. The Labute approximate surface area is 302 Å². The van der Waals surface area contributed by atoms with E-state index in [4.69, 9.17) is 9.57 Å². The van der Waals surface area contributed by atoms with E-state index in [1.54, 1.807) is 20.8 Å². The summed E-state index contributed by atoms with van der Waals surface area (Å²) in [5, 5.41) is 12.6. The Morgan fingerprint density at radius 3 is 2.12 bits per heavy atom. The number of nitrogens with zero attached hydrogens (tertiary/aromatic N) is 3. The zero-order valence-corrected chi connectivity index (χ0v) is 30.5. The highest BCUT2D eigenvalue weighted by Crippen LogP contribution is 2.27. The lowest BCUT2D eigenvalue weighted by Gasteiger charge is -2.34. The Morgan fingerprint density at radius 2 is 1.58 bits per heavy atom. The molecule has 0 spiro atoms. The molecule has 0 bridgehead atoms. The number of oxime groups is 1. The van der Waals surface area contributed by atoms with Gasteiger partial charge in [-0.3, -0.25) is 28.8 Å². The van der Waals surface area contributed by atoms with Gasteiger partial charge in [-0.05, 0) is 42.7 Å². The van der Waals surface area contributed by atoms with Crippen LogP contribution in [0.2, 0.25) is 0 Å². The standard InChI is InChI=1S/C34H43F3N6O8S/c1-7-51-26(46)13-12-24(44)40-33-38-23(17-52-33)29(42-50-6)31(48)41-28(19(4)5)32(49)43(22-14-20-10-8-9-11-21(20)15-22)16-25(45)39-27(18(2)3)30(47)34(35,36)37/h8-11,17-19,22,27-28H,7,12-16H2,1-6H3,(H,39,45)(H,41,48)(H,38,40,44)/b42-29-/t27?,28-/m0/s1. The van der Waals surface area contributed by atoms with Crippen molar-refractivity contribution in [2.24, 2.45) is 17.0 Å². The zero-order chi connectivity index (χ0) is 38.7. The molecule has 14 nitrogen and oxygen atoms in total. The van der Waals surface area contributed by atoms with Gasteiger partial charge in [0, 0.05) is 17.8 Å². The molecule has 3 rings (SSSR count). The van der Waals surface area contributed by atoms with Crippen LogP contribution in [0, 0.1) is 11.8 Å². The first-order chi connectivity index (χ1) is 24.5. The first-order valence-corrected chi connectivity index (χ1v) is 17.5. The van der Waals surface area contributed by atoms with Gasteiger partial charge in [0.05, 0.1) is 25.6 Å². The number of hydrogen-bond acceptors (Lipinski definition) is 11. The number of thiazole rings is 1. The van der Waals surface area contributed by atoms with Gasteiger partial charge in [-0.2, -0.15) is 13.2 Å². The van der Waals surface area contributed by atoms with Gasteiger partial charge in [0.1, 0.15) is 18.8 Å². The maximum absolute atomic E-state index is 14.3. The summed E-state index contributed by atoms with van der Waals surface area (Å²) in [6.45, 7) is 7.17. The van der Waals surface area contributed by atoms with Crippen molar-refractivity contribution in [2.75, 3.05) is 25.6 Å². The highest BCUT2D eigenvalue weighted by atomic mass is 32.1. The summed E-state index contributed by atoms with van der Waals surface area (Å²) in [6, 6.07) is 3.66. The molecule has 1 aliphatic rings. The number of carbonyl (C=O) groups excluding carboxylic acids is 6. The summed E-state index contributed by atoms with van der Waals surface area (Å²) in [5.74, 6) is -7.17. The van der Waals surface area contributed by atoms with Crippen LogP contribution in [-0.2, 0) is 51.2 Å². The lowest BCUT2D eigenvalue weighted by molar-refractivity contribution is -0.175. The number of nitrogens with one attached hydrogen (secondary N) is 3. The number of amides is 4. The second-order valence-corrected chi connectivity index (χ2v) is 13.5. The van der Waals surface area contributed by atoms with E-state index in [0.717, 1.165) is 22.5 Å². The van der Waals surface area contributed by atoms with Crippen LogP contribution in [0.1, 0.15) is 64.3 Å². The van der Waals surface area contributed by atoms with Gasteiger partial charge in [0.25, 0.3) is 11.7 Å². The van der Waals surface area contributed by atoms with E-state index in [0.29, 0.717) is 12.8 Å². The molecule has 52 heavy (non-hydrogen) atoms. The van der Waals surface area contributed by atoms with Crippen LogP contribution in [0.25, 0.3) is 0 Å². The Morgan fingerprint density at radius 1 is 0.962 bits per heavy atom. The molecule has 1 unspecified atom stereocenters. The largest absolute Gasteiger partial charge is 0.466 e. The fraction of sp³-hybridized carbons (Fsp3) is 0.529. The van der Waals surface area contributed by atoms with Gasteiger partial charge < -0.3 is 30.4 Å². The van der Waals surface area contributed by atoms with Crippen molar-refractivity contribution >= 4 is 57.6 Å². The van der Waals surface area contributed by atoms with Crippen LogP contribution in [0.4, 0.5) is 18.3 Å². The second-order valence-electron chi connectivity index (χ2n) is 12.7. The monoisotopic (exact) mass is 752 g/mol. The molecule has 284 valence electrons. The lowest BCUT2D eigenvalue weighted by Crippen LogP contribution is -2.58. The van der Waals surface area contributed by atoms with E-state index >= 15 is 0 Å². The molecule has 2 aromatic rings. The van der Waals surface area contributed by atoms with E-state index in [1.807, 2.05) is 24.3 Å². The number of ketones is 1. The molecule has 1 aromatic heterocycles. The smallest absolute Gasteiger partial charge is 0.452 e. The molecular formula is C34H43F3N6O8S. The van der Waals surface area contributed by atoms with Gasteiger partial charge in [0.15, 0.2) is 10.8 Å². The van der Waals surface area contributed by atoms with Crippen molar-refractivity contribution in [3.8, 4) is 0 Å². The molecule has 0 saturated carbocycles. The molecular weight excluding hydrogens is 709 g/mol. The zero-order valence-electron chi connectivity index (χ0n) is 29.7. The van der Waals surface area contributed by atoms with E-state index < -0.39 is 78.1 Å². The number of Topliss-reactive ketones (excluding diaryl/α,β-unsaturated/α-hetero) is 1. The number of carbonyl (C=O) groups is 6. The summed E-state index contributed by atoms with van der Waals surface area (Å²) in [4.78, 5) is 87.6. The summed E-state index contributed by atoms with van der Waals surface area (Å²) >= 11 is 0.969. The maximum atomic E-state index is 14.3. The summed E-state index contributed by atoms with van der Waals surface area (Å²) in [6.07, 6.45) is -4.81. The Kier molecular flexibility index (Phi) is 14.8. The number of aromatic nitrogens is 1. The average molecular weight is 753 g/mol. The fourth-order valence-electron chi connectivity index (χ4n) is 5.50. The number of rotatable bonds is 17. The predicted molar refractivity (Wildman–Crippen MR) is 184 cm³/mol. The first kappa shape index (κ1) is 41.5. The van der Waals surface area contributed by atoms with E-state index in [-0.39, 0.29) is 36.0 Å². The van der Waals surface area contributed by atoms with Crippen molar-refractivity contribution in [2.45, 2.75) is 84.6 Å². The normalized spacial score (nSPS) is 14.3. The van der Waals surface area contributed by atoms with Gasteiger partial charge in [-0.25, -0.2) is 4.98 Å². The number of halogens is 3. The van der Waals surface area contributed by atoms with Crippen molar-refractivity contribution in [3.63, 3.8) is 0 Å². The van der Waals surface area contributed by atoms with Crippen molar-refractivity contribution in [3.05, 3.63) is 46.5 Å². The quantitative estimate of drug-likeness (QED) is 0.124. The minimum Gasteiger partial charge on any atom is -0.466 e. The molecule has 1 aromatic carbocycles. The molecule has 0 saturated heterocycles. The summed E-state index contributed by atoms with van der Waals surface area (Å²) in [7, 11) is 1.19. The molecule has 1 aliphatic carbocycles. The number of benzene rings is 1. The highest BCUT2D eigenvalue weighted by molar-refractivity contribution is 7.14. The topological polar surface area (TPSA) is 185 Å². The molecule has 2 atom stereocenters. The van der Waals surface area contributed by atoms with Crippen molar-refractivity contribution in [1.82, 2.24) is 20.5 Å². The SMILES string of the molecule is CCOC(=O)CCC(=O)Nc1nc(/C(=N/OC)C(=O)N[C@H](C(=O)N(CC(=O)NC(C(=O)C(F)(F)F)C(C)C)C2Cc3ccccc3C2)C(C)C)cs1. The van der Waals surface area contributed by atoms with Crippen molar-refractivity contribution in [1.29, 1.82) is 0 Å². The molecule has 3 N–H and O–H groups in total. The molecule has 4 amide bonds. The number of esters is 1. The highest BCUT2D eigenvalue weighted by Gasteiger charge is 2.45. The van der Waals surface area contributed by atoms with Crippen molar-refractivity contribution < 1.29 is 51.5 Å². The molecule has 0 aliphatic heterocycles. The number of fused-ring (bicyclic) bond motifs is 1. The van der Waals surface area contributed by atoms with Crippen LogP contribution in [0.3, 0.4) is 0 Å². The van der Waals surface area contributed by atoms with Crippen LogP contribution >= 0.6 is 11.3 Å². The third-order valence-electron chi connectivity index (χ3n) is 8.08. The number of anilines is 1. The number of hydrogen-bond donors (Lipinski definition) is 3. The Balaban J connectivity index is 1.84. The molecule has 0 radical (unpaired) electrons. The third-order valence-corrected chi connectivity index (χ3v) is 8.84. The minimum absolute atomic E-state index is 0.00321. The van der Waals surface area contributed by atoms with Gasteiger partial charge in [-0.15, -0.1) is 11.3 Å². The van der Waals surface area contributed by atoms with Crippen LogP contribution in [0.15, 0.2) is 34.8 Å². The van der Waals surface area contributed by atoms with E-state index in [2.05, 4.69) is 26.1 Å². The predicted octanol–water partition coefficient (Wildman–Crippen LogP) is 3.18. The van der Waals surface area contributed by atoms with Gasteiger partial charge >= 0.3 is 12.1 Å². The fourth-order valence-corrected chi connectivity index (χ4v) is 6.21. The summed E-state index contributed by atoms with van der Waals surface area (Å²) < 4.78 is 44.8. The molecule has 0 fully saturated rings. The van der Waals surface area contributed by atoms with Gasteiger partial charge in [0.2, 0.25) is 17.7 Å². The maximum Gasteiger partial charge on any atom is 0.452 e. The Bertz CT molecular complexity index is 1640. The average Bonchev–Trinajstić information content (AvgIpc) is 3.72. The van der Waals surface area contributed by atoms with Crippen LogP contribution in [0.5, 0.6) is 0 Å². The van der Waals surface area contributed by atoms with Crippen LogP contribution < -0.4 is 16.0 Å². The molecule has 1 heterocycles. The van der Waals surface area contributed by atoms with E-state index in [9.17, 15) is 41.9 Å². The van der Waals surface area contributed by atoms with Gasteiger partial charge in [-0.1, -0.05) is 57.1 Å². The number of ether oxygens (including phenoxy) is 1. The minimum atomic E-state index is -5.19. The van der Waals surface area contributed by atoms with Crippen LogP contribution in [-0.4, -0.2) is 95.5 Å².